The van der Waals surface area contributed by atoms with Crippen LogP contribution in [0, 0.1) is 11.8 Å². The lowest BCUT2D eigenvalue weighted by atomic mass is 9.70. The highest BCUT2D eigenvalue weighted by Gasteiger charge is 2.75. The van der Waals surface area contributed by atoms with Crippen LogP contribution in [0.5, 0.6) is 0 Å². The molecule has 0 radical (unpaired) electrons. The summed E-state index contributed by atoms with van der Waals surface area (Å²) in [6, 6.07) is -0.584. The first kappa shape index (κ1) is 23.9. The molecule has 30 heavy (non-hydrogen) atoms. The summed E-state index contributed by atoms with van der Waals surface area (Å²) in [6.45, 7) is 6.93. The second-order valence-corrected chi connectivity index (χ2v) is 11.5. The van der Waals surface area contributed by atoms with Crippen molar-refractivity contribution in [2.24, 2.45) is 11.8 Å². The van der Waals surface area contributed by atoms with Gasteiger partial charge in [-0.25, -0.2) is 0 Å². The van der Waals surface area contributed by atoms with E-state index in [1.54, 1.807) is 16.7 Å². The summed E-state index contributed by atoms with van der Waals surface area (Å²) in [5.41, 5.74) is 0. The van der Waals surface area contributed by atoms with E-state index in [1.165, 1.54) is 0 Å². The lowest BCUT2D eigenvalue weighted by molar-refractivity contribution is -0.140. The van der Waals surface area contributed by atoms with Gasteiger partial charge in [0.05, 0.1) is 16.6 Å². The maximum atomic E-state index is 13.6. The van der Waals surface area contributed by atoms with E-state index in [4.69, 9.17) is 0 Å². The summed E-state index contributed by atoms with van der Waals surface area (Å²) in [5.74, 6) is -1.25. The fourth-order valence-corrected chi connectivity index (χ4v) is 9.02. The molecular formula is C21H34BrN3O4S. The number of nitrogens with one attached hydrogen (secondary N) is 2. The second-order valence-electron chi connectivity index (χ2n) is 8.76. The molecule has 4 unspecified atom stereocenters. The van der Waals surface area contributed by atoms with E-state index in [1.807, 2.05) is 13.8 Å². The Morgan fingerprint density at radius 1 is 1.33 bits per heavy atom. The molecule has 0 aromatic rings. The normalized spacial score (nSPS) is 35.4. The zero-order chi connectivity index (χ0) is 22.1. The molecular weight excluding hydrogens is 470 g/mol. The van der Waals surface area contributed by atoms with Crippen molar-refractivity contribution in [1.82, 2.24) is 15.5 Å². The van der Waals surface area contributed by atoms with Crippen LogP contribution in [0.4, 0.5) is 0 Å². The molecule has 3 aliphatic rings. The highest BCUT2D eigenvalue weighted by Crippen LogP contribution is 2.67. The van der Waals surface area contributed by atoms with Crippen molar-refractivity contribution in [3.05, 3.63) is 0 Å². The monoisotopic (exact) mass is 503 g/mol. The molecule has 7 atom stereocenters. The topological polar surface area (TPSA) is 98.7 Å². The number of nitrogens with zero attached hydrogens (tertiary/aromatic N) is 1. The average molecular weight is 504 g/mol. The summed E-state index contributed by atoms with van der Waals surface area (Å²) in [5, 5.41) is 15.4. The fraction of sp³-hybridized carbons (Fsp3) is 0.857. The standard InChI is InChI=1S/C21H34BrN3O4S/c1-4-7-12(3)24-19(28)17-21-11-13(22)16(30-21)14(18(27)23-8-5-2)15(21)20(29)25(17)9-6-10-26/h12-17,26H,4-11H2,1-3H3,(H,23,27)(H,24,28)/t12?,13?,14-,15+,16-,17?,21?/m1/s1. The lowest BCUT2D eigenvalue weighted by Crippen LogP contribution is -2.56. The number of carbonyl (C=O) groups excluding carboxylic acids is 3. The Hall–Kier alpha value is -0.800. The summed E-state index contributed by atoms with van der Waals surface area (Å²) < 4.78 is -0.602. The van der Waals surface area contributed by atoms with E-state index < -0.39 is 22.6 Å². The number of aliphatic hydroxyl groups is 1. The number of rotatable bonds is 10. The molecule has 0 aromatic heterocycles. The summed E-state index contributed by atoms with van der Waals surface area (Å²) >= 11 is 5.40. The zero-order valence-electron chi connectivity index (χ0n) is 18.0. The van der Waals surface area contributed by atoms with Gasteiger partial charge >= 0.3 is 0 Å². The lowest BCUT2D eigenvalue weighted by Gasteiger charge is -2.35. The number of alkyl halides is 1. The number of likely N-dealkylation sites (tertiary alicyclic amines) is 1. The van der Waals surface area contributed by atoms with Gasteiger partial charge in [0.2, 0.25) is 17.7 Å². The smallest absolute Gasteiger partial charge is 0.244 e. The Morgan fingerprint density at radius 3 is 2.70 bits per heavy atom. The predicted molar refractivity (Wildman–Crippen MR) is 121 cm³/mol. The van der Waals surface area contributed by atoms with Crippen LogP contribution in [0.2, 0.25) is 0 Å². The molecule has 3 rings (SSSR count). The van der Waals surface area contributed by atoms with E-state index in [0.717, 1.165) is 19.3 Å². The minimum Gasteiger partial charge on any atom is -0.396 e. The number of hydrogen-bond acceptors (Lipinski definition) is 5. The van der Waals surface area contributed by atoms with Gasteiger partial charge in [0.15, 0.2) is 0 Å². The third-order valence-electron chi connectivity index (χ3n) is 6.56. The van der Waals surface area contributed by atoms with Crippen LogP contribution in [-0.4, -0.2) is 74.3 Å². The van der Waals surface area contributed by atoms with Gasteiger partial charge in [-0.3, -0.25) is 14.4 Å². The zero-order valence-corrected chi connectivity index (χ0v) is 20.4. The molecule has 3 aliphatic heterocycles. The Labute approximate surface area is 191 Å². The molecule has 7 nitrogen and oxygen atoms in total. The van der Waals surface area contributed by atoms with Gasteiger partial charge in [-0.2, -0.15) is 0 Å². The minimum atomic E-state index is -0.611. The van der Waals surface area contributed by atoms with E-state index >= 15 is 0 Å². The largest absolute Gasteiger partial charge is 0.396 e. The third-order valence-corrected chi connectivity index (χ3v) is 9.78. The number of thioether (sulfide) groups is 1. The molecule has 3 saturated heterocycles. The molecule has 1 spiro atoms. The van der Waals surface area contributed by atoms with E-state index in [-0.39, 0.29) is 40.4 Å². The molecule has 170 valence electrons. The van der Waals surface area contributed by atoms with Crippen LogP contribution in [-0.2, 0) is 14.4 Å². The highest BCUT2D eigenvalue weighted by atomic mass is 79.9. The van der Waals surface area contributed by atoms with Gasteiger partial charge in [-0.15, -0.1) is 11.8 Å². The number of hydrogen-bond donors (Lipinski definition) is 3. The molecule has 0 aromatic carbocycles. The average Bonchev–Trinajstić information content (AvgIpc) is 3.28. The number of halogens is 1. The number of amides is 3. The minimum absolute atomic E-state index is 0.0147. The van der Waals surface area contributed by atoms with E-state index in [2.05, 4.69) is 33.5 Å². The second kappa shape index (κ2) is 9.77. The number of fused-ring (bicyclic) bond motifs is 1. The molecule has 2 bridgehead atoms. The van der Waals surface area contributed by atoms with Crippen LogP contribution >= 0.6 is 27.7 Å². The van der Waals surface area contributed by atoms with Crippen LogP contribution in [0.1, 0.15) is 52.9 Å². The molecule has 9 heteroatoms. The molecule has 3 N–H and O–H groups in total. The van der Waals surface area contributed by atoms with Crippen molar-refractivity contribution < 1.29 is 19.5 Å². The Morgan fingerprint density at radius 2 is 2.07 bits per heavy atom. The van der Waals surface area contributed by atoms with Crippen LogP contribution in [0.25, 0.3) is 0 Å². The molecule has 3 amide bonds. The molecule has 3 heterocycles. The Balaban J connectivity index is 1.94. The first-order valence-corrected chi connectivity index (χ1v) is 12.9. The summed E-state index contributed by atoms with van der Waals surface area (Å²) in [4.78, 5) is 41.7. The Kier molecular flexibility index (Phi) is 7.77. The van der Waals surface area contributed by atoms with E-state index in [0.29, 0.717) is 25.9 Å². The van der Waals surface area contributed by atoms with Crippen molar-refractivity contribution in [3.63, 3.8) is 0 Å². The number of aliphatic hydroxyl groups excluding tert-OH is 1. The Bertz CT molecular complexity index is 681. The van der Waals surface area contributed by atoms with Gasteiger partial charge in [0, 0.05) is 35.8 Å². The van der Waals surface area contributed by atoms with Crippen molar-refractivity contribution >= 4 is 45.4 Å². The van der Waals surface area contributed by atoms with Crippen molar-refractivity contribution in [1.29, 1.82) is 0 Å². The fourth-order valence-electron chi connectivity index (χ4n) is 5.40. The maximum Gasteiger partial charge on any atom is 0.244 e. The van der Waals surface area contributed by atoms with Crippen LogP contribution in [0.15, 0.2) is 0 Å². The van der Waals surface area contributed by atoms with Gasteiger partial charge in [-0.1, -0.05) is 36.2 Å². The maximum absolute atomic E-state index is 13.6. The number of carbonyl (C=O) groups is 3. The third kappa shape index (κ3) is 4.01. The van der Waals surface area contributed by atoms with Crippen molar-refractivity contribution in [3.8, 4) is 0 Å². The van der Waals surface area contributed by atoms with Gasteiger partial charge < -0.3 is 20.6 Å². The molecule has 3 fully saturated rings. The van der Waals surface area contributed by atoms with Crippen molar-refractivity contribution in [2.75, 3.05) is 19.7 Å². The first-order valence-electron chi connectivity index (χ1n) is 11.1. The van der Waals surface area contributed by atoms with Gasteiger partial charge in [0.25, 0.3) is 0 Å². The van der Waals surface area contributed by atoms with Crippen LogP contribution in [0.3, 0.4) is 0 Å². The van der Waals surface area contributed by atoms with Crippen molar-refractivity contribution in [2.45, 2.75) is 79.8 Å². The molecule has 0 saturated carbocycles. The quantitative estimate of drug-likeness (QED) is 0.393. The first-order chi connectivity index (χ1) is 14.3. The predicted octanol–water partition coefficient (Wildman–Crippen LogP) is 1.66. The molecule has 0 aliphatic carbocycles. The highest BCUT2D eigenvalue weighted by molar-refractivity contribution is 9.09. The van der Waals surface area contributed by atoms with E-state index in [9.17, 15) is 19.5 Å². The summed E-state index contributed by atoms with van der Waals surface area (Å²) in [7, 11) is 0. The van der Waals surface area contributed by atoms with Gasteiger partial charge in [0.1, 0.15) is 6.04 Å². The summed E-state index contributed by atoms with van der Waals surface area (Å²) in [6.07, 6.45) is 3.78. The van der Waals surface area contributed by atoms with Crippen LogP contribution < -0.4 is 10.6 Å². The SMILES string of the molecule is CCCNC(=O)[C@H]1[C@@H]2SC3(CC2Br)C(C(=O)NC(C)CCC)N(CCCO)C(=O)[C@H]13. The van der Waals surface area contributed by atoms with Gasteiger partial charge in [-0.05, 0) is 32.6 Å².